The van der Waals surface area contributed by atoms with Gasteiger partial charge in [-0.3, -0.25) is 4.79 Å². The predicted molar refractivity (Wildman–Crippen MR) is 83.5 cm³/mol. The molecule has 0 aliphatic heterocycles. The molecule has 0 heterocycles. The van der Waals surface area contributed by atoms with Gasteiger partial charge in [-0.1, -0.05) is 19.3 Å². The molecule has 0 spiro atoms. The number of sulfone groups is 1. The summed E-state index contributed by atoms with van der Waals surface area (Å²) in [6, 6.07) is 5.96. The molecule has 1 fully saturated rings. The van der Waals surface area contributed by atoms with Crippen LogP contribution in [0, 0.1) is 0 Å². The lowest BCUT2D eigenvalue weighted by atomic mass is 10.1. The molecular weight excluding hydrogens is 310 g/mol. The van der Waals surface area contributed by atoms with Crippen LogP contribution in [0.25, 0.3) is 0 Å². The molecule has 4 nitrogen and oxygen atoms in total. The molecule has 0 bridgehead atoms. The Labute approximate surface area is 130 Å². The standard InChI is InChI=1S/C15H20ClNO3S/c1-21(19,20)12-9-7-11(8-10-12)15(18)17-14-6-4-2-3-5-13(14)16/h7-10,13-14H,2-6H2,1H3,(H,17,18). The third kappa shape index (κ3) is 4.45. The number of halogens is 1. The number of amides is 1. The highest BCUT2D eigenvalue weighted by atomic mass is 35.5. The van der Waals surface area contributed by atoms with Crippen molar-refractivity contribution >= 4 is 27.3 Å². The summed E-state index contributed by atoms with van der Waals surface area (Å²) in [7, 11) is -3.24. The van der Waals surface area contributed by atoms with Crippen molar-refractivity contribution in [3.63, 3.8) is 0 Å². The van der Waals surface area contributed by atoms with E-state index in [-0.39, 0.29) is 22.2 Å². The van der Waals surface area contributed by atoms with Crippen LogP contribution in [-0.4, -0.2) is 32.0 Å². The maximum atomic E-state index is 12.2. The van der Waals surface area contributed by atoms with Crippen LogP contribution in [-0.2, 0) is 9.84 Å². The van der Waals surface area contributed by atoms with Crippen LogP contribution in [0.3, 0.4) is 0 Å². The Morgan fingerprint density at radius 1 is 1.14 bits per heavy atom. The Morgan fingerprint density at radius 3 is 2.38 bits per heavy atom. The Hall–Kier alpha value is -1.07. The fourth-order valence-corrected chi connectivity index (χ4v) is 3.50. The molecule has 1 N–H and O–H groups in total. The summed E-state index contributed by atoms with van der Waals surface area (Å²) in [5, 5.41) is 2.93. The third-order valence-electron chi connectivity index (χ3n) is 3.79. The van der Waals surface area contributed by atoms with Crippen molar-refractivity contribution in [2.24, 2.45) is 0 Å². The van der Waals surface area contributed by atoms with Crippen molar-refractivity contribution < 1.29 is 13.2 Å². The first kappa shape index (κ1) is 16.3. The van der Waals surface area contributed by atoms with E-state index in [1.165, 1.54) is 24.3 Å². The van der Waals surface area contributed by atoms with E-state index < -0.39 is 9.84 Å². The van der Waals surface area contributed by atoms with Gasteiger partial charge in [0, 0.05) is 17.9 Å². The molecule has 1 aliphatic carbocycles. The molecule has 1 amide bonds. The van der Waals surface area contributed by atoms with E-state index in [0.717, 1.165) is 38.4 Å². The van der Waals surface area contributed by atoms with Gasteiger partial charge < -0.3 is 5.32 Å². The van der Waals surface area contributed by atoms with Crippen molar-refractivity contribution in [1.82, 2.24) is 5.32 Å². The summed E-state index contributed by atoms with van der Waals surface area (Å²) in [4.78, 5) is 12.4. The third-order valence-corrected chi connectivity index (χ3v) is 5.44. The molecule has 0 aromatic heterocycles. The average Bonchev–Trinajstić information content (AvgIpc) is 2.63. The van der Waals surface area contributed by atoms with Gasteiger partial charge in [0.15, 0.2) is 9.84 Å². The molecule has 2 rings (SSSR count). The molecule has 1 aromatic rings. The van der Waals surface area contributed by atoms with Crippen molar-refractivity contribution in [3.05, 3.63) is 29.8 Å². The lowest BCUT2D eigenvalue weighted by Gasteiger charge is -2.21. The van der Waals surface area contributed by atoms with Gasteiger partial charge in [-0.25, -0.2) is 8.42 Å². The van der Waals surface area contributed by atoms with E-state index in [9.17, 15) is 13.2 Å². The normalized spacial score (nSPS) is 23.3. The summed E-state index contributed by atoms with van der Waals surface area (Å²) >= 11 is 6.31. The fraction of sp³-hybridized carbons (Fsp3) is 0.533. The van der Waals surface area contributed by atoms with E-state index in [4.69, 9.17) is 11.6 Å². The maximum absolute atomic E-state index is 12.2. The highest BCUT2D eigenvalue weighted by molar-refractivity contribution is 7.90. The molecule has 1 aromatic carbocycles. The average molecular weight is 330 g/mol. The van der Waals surface area contributed by atoms with Gasteiger partial charge in [0.25, 0.3) is 5.91 Å². The highest BCUT2D eigenvalue weighted by Crippen LogP contribution is 2.22. The Morgan fingerprint density at radius 2 is 1.76 bits per heavy atom. The fourth-order valence-electron chi connectivity index (χ4n) is 2.53. The Kier molecular flexibility index (Phi) is 5.27. The number of carbonyl (C=O) groups excluding carboxylic acids is 1. The van der Waals surface area contributed by atoms with Crippen molar-refractivity contribution in [1.29, 1.82) is 0 Å². The second-order valence-corrected chi connectivity index (χ2v) is 8.11. The zero-order valence-corrected chi connectivity index (χ0v) is 13.6. The summed E-state index contributed by atoms with van der Waals surface area (Å²) in [5.41, 5.74) is 0.454. The maximum Gasteiger partial charge on any atom is 0.251 e. The van der Waals surface area contributed by atoms with Crippen molar-refractivity contribution in [3.8, 4) is 0 Å². The number of nitrogens with one attached hydrogen (secondary N) is 1. The van der Waals surface area contributed by atoms with E-state index in [1.807, 2.05) is 0 Å². The molecule has 1 saturated carbocycles. The quantitative estimate of drug-likeness (QED) is 0.685. The summed E-state index contributed by atoms with van der Waals surface area (Å²) in [5.74, 6) is -0.201. The summed E-state index contributed by atoms with van der Waals surface area (Å²) in [6.45, 7) is 0. The molecule has 0 radical (unpaired) electrons. The van der Waals surface area contributed by atoms with Gasteiger partial charge in [-0.2, -0.15) is 0 Å². The van der Waals surface area contributed by atoms with Crippen LogP contribution >= 0.6 is 11.6 Å². The van der Waals surface area contributed by atoms with Gasteiger partial charge in [-0.05, 0) is 37.1 Å². The molecule has 21 heavy (non-hydrogen) atoms. The van der Waals surface area contributed by atoms with Crippen molar-refractivity contribution in [2.45, 2.75) is 48.4 Å². The minimum absolute atomic E-state index is 0.0174. The number of hydrogen-bond donors (Lipinski definition) is 1. The van der Waals surface area contributed by atoms with E-state index >= 15 is 0 Å². The van der Waals surface area contributed by atoms with Crippen LogP contribution in [0.5, 0.6) is 0 Å². The second-order valence-electron chi connectivity index (χ2n) is 5.53. The number of rotatable bonds is 3. The lowest BCUT2D eigenvalue weighted by Crippen LogP contribution is -2.40. The van der Waals surface area contributed by atoms with Crippen LogP contribution in [0.4, 0.5) is 0 Å². The monoisotopic (exact) mass is 329 g/mol. The minimum Gasteiger partial charge on any atom is -0.348 e. The van der Waals surface area contributed by atoms with Crippen LogP contribution in [0.15, 0.2) is 29.2 Å². The Bertz CT molecular complexity index is 598. The van der Waals surface area contributed by atoms with Gasteiger partial charge >= 0.3 is 0 Å². The number of carbonyl (C=O) groups is 1. The Balaban J connectivity index is 2.06. The number of hydrogen-bond acceptors (Lipinski definition) is 3. The molecule has 116 valence electrons. The second kappa shape index (κ2) is 6.79. The highest BCUT2D eigenvalue weighted by Gasteiger charge is 2.23. The topological polar surface area (TPSA) is 63.2 Å². The number of benzene rings is 1. The van der Waals surface area contributed by atoms with E-state index in [0.29, 0.717) is 5.56 Å². The molecule has 2 atom stereocenters. The predicted octanol–water partition coefficient (Wildman–Crippen LogP) is 2.76. The first-order valence-electron chi connectivity index (χ1n) is 7.13. The van der Waals surface area contributed by atoms with Gasteiger partial charge in [-0.15, -0.1) is 11.6 Å². The van der Waals surface area contributed by atoms with Gasteiger partial charge in [0.1, 0.15) is 0 Å². The van der Waals surface area contributed by atoms with E-state index in [1.54, 1.807) is 0 Å². The molecule has 0 saturated heterocycles. The zero-order valence-electron chi connectivity index (χ0n) is 12.0. The first-order valence-corrected chi connectivity index (χ1v) is 9.46. The SMILES string of the molecule is CS(=O)(=O)c1ccc(C(=O)NC2CCCCCC2Cl)cc1. The molecule has 2 unspecified atom stereocenters. The number of alkyl halides is 1. The largest absolute Gasteiger partial charge is 0.348 e. The van der Waals surface area contributed by atoms with Crippen LogP contribution in [0.1, 0.15) is 42.5 Å². The molecule has 6 heteroatoms. The molecular formula is C15H20ClNO3S. The summed E-state index contributed by atoms with van der Waals surface area (Å²) < 4.78 is 22.8. The smallest absolute Gasteiger partial charge is 0.251 e. The zero-order chi connectivity index (χ0) is 15.5. The first-order chi connectivity index (χ1) is 9.88. The van der Waals surface area contributed by atoms with Gasteiger partial charge in [0.05, 0.1) is 10.3 Å². The summed E-state index contributed by atoms with van der Waals surface area (Å²) in [6.07, 6.45) is 6.27. The van der Waals surface area contributed by atoms with Gasteiger partial charge in [0.2, 0.25) is 0 Å². The minimum atomic E-state index is -3.24. The van der Waals surface area contributed by atoms with Crippen LogP contribution in [0.2, 0.25) is 0 Å². The lowest BCUT2D eigenvalue weighted by molar-refractivity contribution is 0.0934. The van der Waals surface area contributed by atoms with E-state index in [2.05, 4.69) is 5.32 Å². The van der Waals surface area contributed by atoms with Crippen LogP contribution < -0.4 is 5.32 Å². The molecule has 1 aliphatic rings. The van der Waals surface area contributed by atoms with Crippen molar-refractivity contribution in [2.75, 3.05) is 6.26 Å².